The number of piperidine rings is 1. The molecule has 0 spiro atoms. The normalized spacial score (nSPS) is 19.7. The van der Waals surface area contributed by atoms with Gasteiger partial charge < -0.3 is 15.7 Å². The Morgan fingerprint density at radius 3 is 2.63 bits per heavy atom. The van der Waals surface area contributed by atoms with Gasteiger partial charge >= 0.3 is 0 Å². The van der Waals surface area contributed by atoms with E-state index in [9.17, 15) is 9.90 Å². The number of carbonyl (C=O) groups excluding carboxylic acids is 1. The van der Waals surface area contributed by atoms with Gasteiger partial charge in [0.1, 0.15) is 0 Å². The van der Waals surface area contributed by atoms with Crippen molar-refractivity contribution in [3.05, 3.63) is 35.9 Å². The Morgan fingerprint density at radius 2 is 2.00 bits per heavy atom. The van der Waals surface area contributed by atoms with E-state index in [1.807, 2.05) is 37.3 Å². The van der Waals surface area contributed by atoms with Gasteiger partial charge in [-0.2, -0.15) is 0 Å². The number of nitrogens with one attached hydrogen (secondary N) is 2. The van der Waals surface area contributed by atoms with Crippen LogP contribution in [0.2, 0.25) is 0 Å². The van der Waals surface area contributed by atoms with Gasteiger partial charge in [-0.15, -0.1) is 0 Å². The molecule has 3 N–H and O–H groups in total. The standard InChI is InChI=1S/C15H22N2O2/c1-15(7-9-16-10-8-15)14(19)17-11-13(18)12-5-3-2-4-6-12/h2-6,13,16,18H,7-11H2,1H3,(H,17,19). The molecule has 0 bridgehead atoms. The first kappa shape index (κ1) is 14.0. The van der Waals surface area contributed by atoms with Crippen LogP contribution in [0.15, 0.2) is 30.3 Å². The molecule has 1 fully saturated rings. The van der Waals surface area contributed by atoms with Gasteiger partial charge in [-0.3, -0.25) is 4.79 Å². The van der Waals surface area contributed by atoms with Crippen LogP contribution >= 0.6 is 0 Å². The highest BCUT2D eigenvalue weighted by molar-refractivity contribution is 5.82. The molecule has 1 saturated heterocycles. The lowest BCUT2D eigenvalue weighted by Crippen LogP contribution is -2.46. The van der Waals surface area contributed by atoms with Crippen LogP contribution in [-0.2, 0) is 4.79 Å². The van der Waals surface area contributed by atoms with Crippen LogP contribution in [0.3, 0.4) is 0 Å². The highest BCUT2D eigenvalue weighted by Crippen LogP contribution is 2.28. The zero-order chi connectivity index (χ0) is 13.7. The van der Waals surface area contributed by atoms with Crippen LogP contribution < -0.4 is 10.6 Å². The van der Waals surface area contributed by atoms with Crippen molar-refractivity contribution in [2.45, 2.75) is 25.9 Å². The Bertz CT molecular complexity index is 413. The Labute approximate surface area is 114 Å². The molecule has 1 aromatic carbocycles. The van der Waals surface area contributed by atoms with Gasteiger partial charge in [0, 0.05) is 12.0 Å². The van der Waals surface area contributed by atoms with E-state index in [1.54, 1.807) is 0 Å². The fourth-order valence-corrected chi connectivity index (χ4v) is 2.40. The van der Waals surface area contributed by atoms with E-state index in [0.29, 0.717) is 0 Å². The lowest BCUT2D eigenvalue weighted by Gasteiger charge is -2.32. The number of rotatable bonds is 4. The second-order valence-electron chi connectivity index (χ2n) is 5.45. The zero-order valence-electron chi connectivity index (χ0n) is 11.4. The van der Waals surface area contributed by atoms with Crippen molar-refractivity contribution in [2.75, 3.05) is 19.6 Å². The SMILES string of the molecule is CC1(C(=O)NCC(O)c2ccccc2)CCNCC1. The van der Waals surface area contributed by atoms with Gasteiger partial charge in [0.15, 0.2) is 0 Å². The Hall–Kier alpha value is -1.39. The van der Waals surface area contributed by atoms with Crippen LogP contribution in [0, 0.1) is 5.41 Å². The van der Waals surface area contributed by atoms with Crippen molar-refractivity contribution in [1.29, 1.82) is 0 Å². The first-order valence-electron chi connectivity index (χ1n) is 6.84. The van der Waals surface area contributed by atoms with E-state index >= 15 is 0 Å². The predicted molar refractivity (Wildman–Crippen MR) is 74.6 cm³/mol. The molecule has 2 rings (SSSR count). The van der Waals surface area contributed by atoms with E-state index in [-0.39, 0.29) is 17.9 Å². The number of carbonyl (C=O) groups is 1. The van der Waals surface area contributed by atoms with Crippen LogP contribution in [-0.4, -0.2) is 30.6 Å². The third-order valence-corrected chi connectivity index (χ3v) is 3.90. The molecule has 0 radical (unpaired) electrons. The van der Waals surface area contributed by atoms with E-state index < -0.39 is 6.10 Å². The number of benzene rings is 1. The molecule has 1 heterocycles. The molecule has 1 atom stereocenters. The van der Waals surface area contributed by atoms with E-state index in [2.05, 4.69) is 10.6 Å². The summed E-state index contributed by atoms with van der Waals surface area (Å²) in [7, 11) is 0. The third-order valence-electron chi connectivity index (χ3n) is 3.90. The maximum Gasteiger partial charge on any atom is 0.226 e. The van der Waals surface area contributed by atoms with Crippen molar-refractivity contribution in [3.8, 4) is 0 Å². The molecule has 1 unspecified atom stereocenters. The van der Waals surface area contributed by atoms with Crippen molar-refractivity contribution in [2.24, 2.45) is 5.41 Å². The highest BCUT2D eigenvalue weighted by atomic mass is 16.3. The Balaban J connectivity index is 1.86. The summed E-state index contributed by atoms with van der Waals surface area (Å²) >= 11 is 0. The monoisotopic (exact) mass is 262 g/mol. The largest absolute Gasteiger partial charge is 0.387 e. The lowest BCUT2D eigenvalue weighted by molar-refractivity contribution is -0.132. The molecule has 4 heteroatoms. The molecule has 104 valence electrons. The number of amides is 1. The quantitative estimate of drug-likeness (QED) is 0.765. The van der Waals surface area contributed by atoms with Gasteiger partial charge in [-0.05, 0) is 31.5 Å². The van der Waals surface area contributed by atoms with Crippen molar-refractivity contribution in [1.82, 2.24) is 10.6 Å². The maximum atomic E-state index is 12.2. The second kappa shape index (κ2) is 6.17. The molecule has 1 aromatic rings. The molecule has 0 aromatic heterocycles. The number of aliphatic hydroxyl groups excluding tert-OH is 1. The summed E-state index contributed by atoms with van der Waals surface area (Å²) in [6.07, 6.45) is 1.05. The minimum absolute atomic E-state index is 0.0454. The van der Waals surface area contributed by atoms with E-state index in [0.717, 1.165) is 31.5 Å². The molecule has 1 aliphatic heterocycles. The zero-order valence-corrected chi connectivity index (χ0v) is 11.4. The average molecular weight is 262 g/mol. The van der Waals surface area contributed by atoms with Gasteiger partial charge in [0.25, 0.3) is 0 Å². The number of aliphatic hydroxyl groups is 1. The summed E-state index contributed by atoms with van der Waals surface area (Å²) < 4.78 is 0. The van der Waals surface area contributed by atoms with Gasteiger partial charge in [-0.1, -0.05) is 37.3 Å². The van der Waals surface area contributed by atoms with Gasteiger partial charge in [0.05, 0.1) is 6.10 Å². The summed E-state index contributed by atoms with van der Waals surface area (Å²) in [5.74, 6) is 0.0454. The minimum atomic E-state index is -0.643. The first-order chi connectivity index (χ1) is 9.12. The lowest BCUT2D eigenvalue weighted by atomic mass is 9.80. The van der Waals surface area contributed by atoms with Crippen molar-refractivity contribution in [3.63, 3.8) is 0 Å². The van der Waals surface area contributed by atoms with Gasteiger partial charge in [0.2, 0.25) is 5.91 Å². The summed E-state index contributed by atoms with van der Waals surface area (Å²) in [6, 6.07) is 9.40. The second-order valence-corrected chi connectivity index (χ2v) is 5.45. The summed E-state index contributed by atoms with van der Waals surface area (Å²) in [5.41, 5.74) is 0.528. The smallest absolute Gasteiger partial charge is 0.226 e. The fraction of sp³-hybridized carbons (Fsp3) is 0.533. The van der Waals surface area contributed by atoms with Crippen molar-refractivity contribution < 1.29 is 9.90 Å². The molecule has 1 amide bonds. The van der Waals surface area contributed by atoms with E-state index in [1.165, 1.54) is 0 Å². The fourth-order valence-electron chi connectivity index (χ4n) is 2.40. The molecule has 0 saturated carbocycles. The minimum Gasteiger partial charge on any atom is -0.387 e. The maximum absolute atomic E-state index is 12.2. The van der Waals surface area contributed by atoms with Crippen LogP contribution in [0.1, 0.15) is 31.4 Å². The average Bonchev–Trinajstić information content (AvgIpc) is 2.46. The summed E-state index contributed by atoms with van der Waals surface area (Å²) in [5, 5.41) is 16.2. The molecule has 19 heavy (non-hydrogen) atoms. The van der Waals surface area contributed by atoms with Crippen molar-refractivity contribution >= 4 is 5.91 Å². The summed E-state index contributed by atoms with van der Waals surface area (Å²) in [4.78, 5) is 12.2. The number of hydrogen-bond donors (Lipinski definition) is 3. The molecular weight excluding hydrogens is 240 g/mol. The predicted octanol–water partition coefficient (Wildman–Crippen LogP) is 1.23. The highest BCUT2D eigenvalue weighted by Gasteiger charge is 2.34. The number of hydrogen-bond acceptors (Lipinski definition) is 3. The molecule has 1 aliphatic rings. The van der Waals surface area contributed by atoms with Crippen LogP contribution in [0.4, 0.5) is 0 Å². The Morgan fingerprint density at radius 1 is 1.37 bits per heavy atom. The topological polar surface area (TPSA) is 61.4 Å². The molecule has 0 aliphatic carbocycles. The third kappa shape index (κ3) is 3.55. The summed E-state index contributed by atoms with van der Waals surface area (Å²) in [6.45, 7) is 4.03. The molecular formula is C15H22N2O2. The first-order valence-corrected chi connectivity index (χ1v) is 6.84. The van der Waals surface area contributed by atoms with E-state index in [4.69, 9.17) is 0 Å². The molecule has 4 nitrogen and oxygen atoms in total. The van der Waals surface area contributed by atoms with Crippen LogP contribution in [0.5, 0.6) is 0 Å². The Kier molecular flexibility index (Phi) is 4.56. The van der Waals surface area contributed by atoms with Gasteiger partial charge in [-0.25, -0.2) is 0 Å². The van der Waals surface area contributed by atoms with Crippen LogP contribution in [0.25, 0.3) is 0 Å².